The van der Waals surface area contributed by atoms with Crippen LogP contribution in [0.2, 0.25) is 0 Å². The summed E-state index contributed by atoms with van der Waals surface area (Å²) in [6.45, 7) is 6.42. The average Bonchev–Trinajstić information content (AvgIpc) is 2.40. The largest absolute Gasteiger partial charge is 0.291 e. The first-order chi connectivity index (χ1) is 5.27. The maximum Gasteiger partial charge on any atom is 0.117 e. The van der Waals surface area contributed by atoms with E-state index in [1.807, 2.05) is 0 Å². The fraction of sp³-hybridized carbons (Fsp3) is 0.625. The molecule has 1 aromatic rings. The van der Waals surface area contributed by atoms with Gasteiger partial charge in [0.05, 0.1) is 5.69 Å². The molecule has 1 N–H and O–H groups in total. The van der Waals surface area contributed by atoms with Crippen LogP contribution in [0.3, 0.4) is 0 Å². The van der Waals surface area contributed by atoms with Gasteiger partial charge in [0.25, 0.3) is 0 Å². The van der Waals surface area contributed by atoms with Crippen LogP contribution in [0.4, 0.5) is 0 Å². The van der Waals surface area contributed by atoms with E-state index in [-0.39, 0.29) is 0 Å². The van der Waals surface area contributed by atoms with Gasteiger partial charge in [-0.3, -0.25) is 10.00 Å². The van der Waals surface area contributed by atoms with Crippen molar-refractivity contribution in [2.24, 2.45) is 0 Å². The quantitative estimate of drug-likeness (QED) is 0.646. The zero-order chi connectivity index (χ0) is 7.84. The van der Waals surface area contributed by atoms with E-state index in [4.69, 9.17) is 0 Å². The minimum atomic E-state index is 0.615. The van der Waals surface area contributed by atoms with Crippen molar-refractivity contribution in [1.29, 1.82) is 0 Å². The van der Waals surface area contributed by atoms with E-state index in [0.29, 0.717) is 6.04 Å². The molecule has 59 valence electrons. The van der Waals surface area contributed by atoms with Gasteiger partial charge in [-0.2, -0.15) is 5.10 Å². The zero-order valence-corrected chi connectivity index (χ0v) is 6.89. The van der Waals surface area contributed by atoms with Crippen molar-refractivity contribution in [2.75, 3.05) is 0 Å². The minimum absolute atomic E-state index is 0.615. The first-order valence-electron chi connectivity index (χ1n) is 3.95. The zero-order valence-electron chi connectivity index (χ0n) is 6.89. The van der Waals surface area contributed by atoms with Gasteiger partial charge in [0.15, 0.2) is 0 Å². The molecule has 0 atom stereocenters. The van der Waals surface area contributed by atoms with Crippen LogP contribution in [0.5, 0.6) is 0 Å². The molecule has 0 saturated carbocycles. The summed E-state index contributed by atoms with van der Waals surface area (Å²) in [4.78, 5) is 2.39. The molecule has 1 aliphatic heterocycles. The van der Waals surface area contributed by atoms with Gasteiger partial charge in [-0.05, 0) is 13.8 Å². The summed E-state index contributed by atoms with van der Waals surface area (Å²) in [6.07, 6.45) is 2.96. The Labute approximate surface area is 66.4 Å². The maximum atomic E-state index is 3.86. The van der Waals surface area contributed by atoms with Gasteiger partial charge in [-0.25, -0.2) is 0 Å². The molecule has 2 heterocycles. The standard InChI is InChI=1S/C8H12N3/c1-6(2)11-4-7-3-9-10-8(7)5-11/h6H,4-5H2,1-2H3,(H,9,10). The Kier molecular flexibility index (Phi) is 1.46. The van der Waals surface area contributed by atoms with Crippen molar-refractivity contribution >= 4 is 0 Å². The summed E-state index contributed by atoms with van der Waals surface area (Å²) in [6, 6.07) is 0.615. The summed E-state index contributed by atoms with van der Waals surface area (Å²) in [5, 5.41) is 6.82. The molecule has 3 nitrogen and oxygen atoms in total. The van der Waals surface area contributed by atoms with Gasteiger partial charge in [-0.1, -0.05) is 0 Å². The highest BCUT2D eigenvalue weighted by atomic mass is 15.2. The molecule has 3 heteroatoms. The molecule has 0 spiro atoms. The van der Waals surface area contributed by atoms with Crippen LogP contribution >= 0.6 is 0 Å². The second-order valence-electron chi connectivity index (χ2n) is 3.29. The van der Waals surface area contributed by atoms with E-state index in [1.54, 1.807) is 0 Å². The normalized spacial score (nSPS) is 17.7. The fourth-order valence-electron chi connectivity index (χ4n) is 1.39. The van der Waals surface area contributed by atoms with E-state index in [0.717, 1.165) is 13.1 Å². The third kappa shape index (κ3) is 1.05. The molecule has 1 radical (unpaired) electrons. The lowest BCUT2D eigenvalue weighted by Crippen LogP contribution is -2.24. The van der Waals surface area contributed by atoms with Gasteiger partial charge < -0.3 is 0 Å². The Bertz CT molecular complexity index is 231. The van der Waals surface area contributed by atoms with Crippen molar-refractivity contribution in [1.82, 2.24) is 15.1 Å². The van der Waals surface area contributed by atoms with Crippen LogP contribution in [0.1, 0.15) is 25.1 Å². The molecule has 0 amide bonds. The molecule has 0 saturated heterocycles. The molecule has 1 aromatic heterocycles. The van der Waals surface area contributed by atoms with Crippen LogP contribution in [-0.4, -0.2) is 21.1 Å². The number of nitrogens with one attached hydrogen (secondary N) is 1. The second-order valence-corrected chi connectivity index (χ2v) is 3.29. The van der Waals surface area contributed by atoms with Crippen molar-refractivity contribution in [3.05, 3.63) is 17.5 Å². The lowest BCUT2D eigenvalue weighted by Gasteiger charge is -2.18. The molecule has 2 rings (SSSR count). The minimum Gasteiger partial charge on any atom is -0.291 e. The average molecular weight is 150 g/mol. The fourth-order valence-corrected chi connectivity index (χ4v) is 1.39. The highest BCUT2D eigenvalue weighted by Gasteiger charge is 2.22. The van der Waals surface area contributed by atoms with Crippen LogP contribution in [-0.2, 0) is 13.1 Å². The lowest BCUT2D eigenvalue weighted by molar-refractivity contribution is 0.224. The Balaban J connectivity index is 2.16. The van der Waals surface area contributed by atoms with E-state index in [2.05, 4.69) is 35.1 Å². The third-order valence-corrected chi connectivity index (χ3v) is 2.20. The van der Waals surface area contributed by atoms with Crippen molar-refractivity contribution in [3.8, 4) is 0 Å². The predicted octanol–water partition coefficient (Wildman–Crippen LogP) is 0.934. The Morgan fingerprint density at radius 2 is 2.36 bits per heavy atom. The molecule has 0 aliphatic carbocycles. The number of H-pyrrole nitrogens is 1. The number of rotatable bonds is 1. The molecule has 0 aromatic carbocycles. The van der Waals surface area contributed by atoms with E-state index < -0.39 is 0 Å². The molecule has 11 heavy (non-hydrogen) atoms. The van der Waals surface area contributed by atoms with Crippen molar-refractivity contribution < 1.29 is 0 Å². The first-order valence-corrected chi connectivity index (χ1v) is 3.95. The molecule has 1 aliphatic rings. The highest BCUT2D eigenvalue weighted by Crippen LogP contribution is 2.20. The van der Waals surface area contributed by atoms with E-state index >= 15 is 0 Å². The van der Waals surface area contributed by atoms with Gasteiger partial charge in [0.1, 0.15) is 6.20 Å². The molecule has 0 bridgehead atoms. The van der Waals surface area contributed by atoms with Gasteiger partial charge in [0, 0.05) is 24.7 Å². The Morgan fingerprint density at radius 1 is 1.55 bits per heavy atom. The summed E-state index contributed by atoms with van der Waals surface area (Å²) in [5.74, 6) is 0. The number of hydrogen-bond acceptors (Lipinski definition) is 2. The Morgan fingerprint density at radius 3 is 3.00 bits per heavy atom. The van der Waals surface area contributed by atoms with Gasteiger partial charge in [0.2, 0.25) is 0 Å². The highest BCUT2D eigenvalue weighted by molar-refractivity contribution is 5.19. The molecule has 0 unspecified atom stereocenters. The van der Waals surface area contributed by atoms with Gasteiger partial charge in [-0.15, -0.1) is 0 Å². The van der Waals surface area contributed by atoms with E-state index in [9.17, 15) is 0 Å². The third-order valence-electron chi connectivity index (χ3n) is 2.20. The number of aromatic amines is 1. The number of hydrogen-bond donors (Lipinski definition) is 1. The van der Waals surface area contributed by atoms with Crippen LogP contribution in [0.25, 0.3) is 0 Å². The van der Waals surface area contributed by atoms with Crippen LogP contribution < -0.4 is 0 Å². The molecule has 0 fully saturated rings. The first kappa shape index (κ1) is 6.85. The number of nitrogens with zero attached hydrogens (tertiary/aromatic N) is 2. The van der Waals surface area contributed by atoms with Crippen molar-refractivity contribution in [3.63, 3.8) is 0 Å². The lowest BCUT2D eigenvalue weighted by atomic mass is 10.3. The summed E-state index contributed by atoms with van der Waals surface area (Å²) >= 11 is 0. The molecular formula is C8H12N3. The van der Waals surface area contributed by atoms with Gasteiger partial charge >= 0.3 is 0 Å². The SMILES string of the molecule is CC(C)N1Cc2[c]n[nH]c2C1. The predicted molar refractivity (Wildman–Crippen MR) is 41.8 cm³/mol. The van der Waals surface area contributed by atoms with Crippen LogP contribution in [0, 0.1) is 6.20 Å². The smallest absolute Gasteiger partial charge is 0.117 e. The second kappa shape index (κ2) is 2.34. The maximum absolute atomic E-state index is 3.86. The topological polar surface area (TPSA) is 31.9 Å². The Hall–Kier alpha value is -0.830. The molecular weight excluding hydrogens is 138 g/mol. The number of aromatic nitrogens is 2. The summed E-state index contributed by atoms with van der Waals surface area (Å²) < 4.78 is 0. The van der Waals surface area contributed by atoms with Crippen molar-refractivity contribution in [2.45, 2.75) is 33.0 Å². The van der Waals surface area contributed by atoms with E-state index in [1.165, 1.54) is 11.3 Å². The number of fused-ring (bicyclic) bond motifs is 1. The van der Waals surface area contributed by atoms with Crippen LogP contribution in [0.15, 0.2) is 0 Å². The summed E-state index contributed by atoms with van der Waals surface area (Å²) in [7, 11) is 0. The monoisotopic (exact) mass is 150 g/mol. The summed E-state index contributed by atoms with van der Waals surface area (Å²) in [5.41, 5.74) is 2.47.